The Morgan fingerprint density at radius 1 is 1.19 bits per heavy atom. The van der Waals surface area contributed by atoms with Crippen LogP contribution in [0.1, 0.15) is 11.1 Å². The van der Waals surface area contributed by atoms with Gasteiger partial charge in [0.15, 0.2) is 18.1 Å². The molecule has 0 saturated heterocycles. The molecular weight excluding hydrogens is 358 g/mol. The van der Waals surface area contributed by atoms with Gasteiger partial charge >= 0.3 is 5.97 Å². The number of carbonyl (C=O) groups excluding carboxylic acids is 2. The third-order valence-electron chi connectivity index (χ3n) is 3.63. The van der Waals surface area contributed by atoms with Crippen LogP contribution in [0, 0.1) is 6.92 Å². The van der Waals surface area contributed by atoms with Gasteiger partial charge in [0.25, 0.3) is 5.91 Å². The van der Waals surface area contributed by atoms with E-state index in [1.165, 1.54) is 6.08 Å². The average molecular weight is 374 g/mol. The molecule has 0 unspecified atom stereocenters. The Hall–Kier alpha value is -2.99. The number of rotatable bonds is 5. The lowest BCUT2D eigenvalue weighted by molar-refractivity contribution is -0.142. The fourth-order valence-corrected chi connectivity index (χ4v) is 2.45. The Labute approximate surface area is 155 Å². The molecule has 1 aliphatic heterocycles. The highest BCUT2D eigenvalue weighted by atomic mass is 35.5. The standard InChI is InChI=1S/C19H16ClNO5/c1-12-2-5-14(20)9-15(12)21-18(22)10-24-19(23)7-4-13-3-6-16-17(8-13)26-11-25-16/h2-9H,10-11H2,1H3,(H,21,22)/b7-4+. The molecule has 0 spiro atoms. The largest absolute Gasteiger partial charge is 0.454 e. The number of aryl methyl sites for hydroxylation is 1. The molecule has 0 atom stereocenters. The van der Waals surface area contributed by atoms with Crippen LogP contribution in [0.3, 0.4) is 0 Å². The number of anilines is 1. The van der Waals surface area contributed by atoms with Crippen LogP contribution in [-0.2, 0) is 14.3 Å². The number of halogens is 1. The van der Waals surface area contributed by atoms with E-state index in [1.807, 2.05) is 6.92 Å². The number of nitrogens with one attached hydrogen (secondary N) is 1. The molecule has 0 fully saturated rings. The number of benzene rings is 2. The van der Waals surface area contributed by atoms with E-state index in [-0.39, 0.29) is 6.79 Å². The fraction of sp³-hybridized carbons (Fsp3) is 0.158. The van der Waals surface area contributed by atoms with E-state index >= 15 is 0 Å². The lowest BCUT2D eigenvalue weighted by Gasteiger charge is -2.08. The van der Waals surface area contributed by atoms with Crippen molar-refractivity contribution < 1.29 is 23.8 Å². The van der Waals surface area contributed by atoms with Crippen molar-refractivity contribution in [2.75, 3.05) is 18.7 Å². The first-order chi connectivity index (χ1) is 12.5. The molecule has 0 aliphatic carbocycles. The smallest absolute Gasteiger partial charge is 0.331 e. The van der Waals surface area contributed by atoms with Crippen LogP contribution in [0.5, 0.6) is 11.5 Å². The summed E-state index contributed by atoms with van der Waals surface area (Å²) in [6, 6.07) is 10.4. The highest BCUT2D eigenvalue weighted by Crippen LogP contribution is 2.32. The second-order valence-electron chi connectivity index (χ2n) is 5.56. The van der Waals surface area contributed by atoms with Gasteiger partial charge in [-0.15, -0.1) is 0 Å². The fourth-order valence-electron chi connectivity index (χ4n) is 2.28. The summed E-state index contributed by atoms with van der Waals surface area (Å²) >= 11 is 5.90. The molecule has 3 rings (SSSR count). The van der Waals surface area contributed by atoms with Crippen LogP contribution in [0.2, 0.25) is 5.02 Å². The van der Waals surface area contributed by atoms with Gasteiger partial charge in [-0.2, -0.15) is 0 Å². The second-order valence-corrected chi connectivity index (χ2v) is 6.00. The van der Waals surface area contributed by atoms with Crippen LogP contribution in [0.4, 0.5) is 5.69 Å². The van der Waals surface area contributed by atoms with Crippen LogP contribution in [-0.4, -0.2) is 25.3 Å². The molecule has 1 amide bonds. The molecule has 0 bridgehead atoms. The zero-order valence-corrected chi connectivity index (χ0v) is 14.7. The van der Waals surface area contributed by atoms with Crippen molar-refractivity contribution >= 4 is 35.2 Å². The van der Waals surface area contributed by atoms with Gasteiger partial charge in [-0.3, -0.25) is 4.79 Å². The monoisotopic (exact) mass is 373 g/mol. The predicted molar refractivity (Wildman–Crippen MR) is 97.4 cm³/mol. The number of hydrogen-bond acceptors (Lipinski definition) is 5. The van der Waals surface area contributed by atoms with Gasteiger partial charge in [0.2, 0.25) is 6.79 Å². The van der Waals surface area contributed by atoms with Gasteiger partial charge in [-0.05, 0) is 48.4 Å². The Morgan fingerprint density at radius 2 is 2.00 bits per heavy atom. The lowest BCUT2D eigenvalue weighted by Crippen LogP contribution is -2.20. The van der Waals surface area contributed by atoms with Gasteiger partial charge in [0.05, 0.1) is 0 Å². The summed E-state index contributed by atoms with van der Waals surface area (Å²) in [7, 11) is 0. The minimum absolute atomic E-state index is 0.186. The van der Waals surface area contributed by atoms with Gasteiger partial charge in [-0.1, -0.05) is 23.7 Å². The third-order valence-corrected chi connectivity index (χ3v) is 3.86. The van der Waals surface area contributed by atoms with Crippen molar-refractivity contribution in [3.05, 3.63) is 58.6 Å². The maximum atomic E-state index is 11.9. The van der Waals surface area contributed by atoms with E-state index in [1.54, 1.807) is 42.5 Å². The molecule has 134 valence electrons. The topological polar surface area (TPSA) is 73.9 Å². The summed E-state index contributed by atoms with van der Waals surface area (Å²) in [6.45, 7) is 1.63. The van der Waals surface area contributed by atoms with Gasteiger partial charge in [0.1, 0.15) is 0 Å². The van der Waals surface area contributed by atoms with E-state index in [4.69, 9.17) is 25.8 Å². The lowest BCUT2D eigenvalue weighted by atomic mass is 10.2. The molecule has 26 heavy (non-hydrogen) atoms. The van der Waals surface area contributed by atoms with Crippen LogP contribution >= 0.6 is 11.6 Å². The van der Waals surface area contributed by atoms with Crippen molar-refractivity contribution in [1.82, 2.24) is 0 Å². The number of amides is 1. The molecule has 1 N–H and O–H groups in total. The second kappa shape index (κ2) is 7.93. The highest BCUT2D eigenvalue weighted by Gasteiger charge is 2.12. The molecule has 0 radical (unpaired) electrons. The van der Waals surface area contributed by atoms with E-state index < -0.39 is 18.5 Å². The van der Waals surface area contributed by atoms with Gasteiger partial charge < -0.3 is 19.5 Å². The van der Waals surface area contributed by atoms with Crippen LogP contribution in [0.25, 0.3) is 6.08 Å². The Bertz CT molecular complexity index is 878. The molecule has 1 aliphatic rings. The highest BCUT2D eigenvalue weighted by molar-refractivity contribution is 6.31. The van der Waals surface area contributed by atoms with Crippen molar-refractivity contribution in [3.8, 4) is 11.5 Å². The minimum atomic E-state index is -0.624. The number of ether oxygens (including phenoxy) is 3. The van der Waals surface area contributed by atoms with Gasteiger partial charge in [-0.25, -0.2) is 4.79 Å². The maximum absolute atomic E-state index is 11.9. The van der Waals surface area contributed by atoms with E-state index in [9.17, 15) is 9.59 Å². The van der Waals surface area contributed by atoms with Crippen molar-refractivity contribution in [2.24, 2.45) is 0 Å². The van der Waals surface area contributed by atoms with Crippen molar-refractivity contribution in [1.29, 1.82) is 0 Å². The average Bonchev–Trinajstić information content (AvgIpc) is 3.09. The number of carbonyl (C=O) groups is 2. The number of esters is 1. The first kappa shape index (κ1) is 17.8. The van der Waals surface area contributed by atoms with Crippen molar-refractivity contribution in [3.63, 3.8) is 0 Å². The summed E-state index contributed by atoms with van der Waals surface area (Å²) in [5.74, 6) is 0.218. The first-order valence-electron chi connectivity index (χ1n) is 7.82. The zero-order chi connectivity index (χ0) is 18.5. The summed E-state index contributed by atoms with van der Waals surface area (Å²) < 4.78 is 15.4. The molecule has 1 heterocycles. The molecule has 0 saturated carbocycles. The number of hydrogen-bond donors (Lipinski definition) is 1. The molecule has 0 aromatic heterocycles. The summed E-state index contributed by atoms with van der Waals surface area (Å²) in [5, 5.41) is 3.16. The van der Waals surface area contributed by atoms with E-state index in [0.29, 0.717) is 22.2 Å². The van der Waals surface area contributed by atoms with Crippen molar-refractivity contribution in [2.45, 2.75) is 6.92 Å². The number of fused-ring (bicyclic) bond motifs is 1. The molecular formula is C19H16ClNO5. The third kappa shape index (κ3) is 4.55. The molecule has 7 heteroatoms. The van der Waals surface area contributed by atoms with Crippen LogP contribution < -0.4 is 14.8 Å². The Balaban J connectivity index is 1.50. The zero-order valence-electron chi connectivity index (χ0n) is 14.0. The Kier molecular flexibility index (Phi) is 5.43. The summed E-state index contributed by atoms with van der Waals surface area (Å²) in [5.41, 5.74) is 2.19. The molecule has 2 aromatic rings. The normalized spacial score (nSPS) is 12.2. The van der Waals surface area contributed by atoms with Crippen LogP contribution in [0.15, 0.2) is 42.5 Å². The summed E-state index contributed by atoms with van der Waals surface area (Å²) in [6.07, 6.45) is 2.82. The molecule has 2 aromatic carbocycles. The minimum Gasteiger partial charge on any atom is -0.454 e. The quantitative estimate of drug-likeness (QED) is 0.640. The molecule has 6 nitrogen and oxygen atoms in total. The SMILES string of the molecule is Cc1ccc(Cl)cc1NC(=O)COC(=O)/C=C/c1ccc2c(c1)OCO2. The predicted octanol–water partition coefficient (Wildman–Crippen LogP) is 3.57. The van der Waals surface area contributed by atoms with E-state index in [0.717, 1.165) is 11.1 Å². The van der Waals surface area contributed by atoms with Gasteiger partial charge in [0, 0.05) is 16.8 Å². The Morgan fingerprint density at radius 3 is 2.85 bits per heavy atom. The maximum Gasteiger partial charge on any atom is 0.331 e. The summed E-state index contributed by atoms with van der Waals surface area (Å²) in [4.78, 5) is 23.7. The van der Waals surface area contributed by atoms with E-state index in [2.05, 4.69) is 5.32 Å². The first-order valence-corrected chi connectivity index (χ1v) is 8.19.